The maximum atomic E-state index is 2.35. The van der Waals surface area contributed by atoms with E-state index in [0.29, 0.717) is 11.6 Å². The average Bonchev–Trinajstić information content (AvgIpc) is 1.62. The van der Waals surface area contributed by atoms with Gasteiger partial charge in [0.1, 0.15) is 0 Å². The van der Waals surface area contributed by atoms with Crippen LogP contribution < -0.4 is 0 Å². The maximum Gasteiger partial charge on any atom is 0.186 e. The van der Waals surface area contributed by atoms with Crippen LogP contribution in [0.3, 0.4) is 0 Å². The predicted octanol–water partition coefficient (Wildman–Crippen LogP) is 1.04. The molecule has 0 heterocycles. The van der Waals surface area contributed by atoms with Crippen LogP contribution in [-0.4, -0.2) is 24.4 Å². The summed E-state index contributed by atoms with van der Waals surface area (Å²) in [5.41, 5.74) is 0.314. The summed E-state index contributed by atoms with van der Waals surface area (Å²) in [6.45, 7) is 11.1. The van der Waals surface area contributed by atoms with Crippen molar-refractivity contribution in [3.8, 4) is 0 Å². The molecule has 9 heavy (non-hydrogen) atoms. The highest BCUT2D eigenvalue weighted by Crippen LogP contribution is 2.12. The van der Waals surface area contributed by atoms with E-state index in [4.69, 9.17) is 0 Å². The van der Waals surface area contributed by atoms with E-state index < -0.39 is 0 Å². The molecule has 0 rings (SSSR count). The number of nitrogens with zero attached hydrogens (tertiary/aromatic N) is 1. The van der Waals surface area contributed by atoms with E-state index in [1.165, 1.54) is 0 Å². The Morgan fingerprint density at radius 1 is 1.22 bits per heavy atom. The molecule has 0 spiro atoms. The molecule has 0 N–H and O–H groups in total. The standard InChI is InChI=1S/C7H18BN/c1-6(2)9(8)7(3,4)5/h6H,8H2,1-5H3. The van der Waals surface area contributed by atoms with E-state index in [2.05, 4.69) is 47.4 Å². The van der Waals surface area contributed by atoms with Gasteiger partial charge in [0.15, 0.2) is 7.98 Å². The van der Waals surface area contributed by atoms with Gasteiger partial charge in [0.05, 0.1) is 0 Å². The zero-order chi connectivity index (χ0) is 7.65. The molecule has 0 fully saturated rings. The highest BCUT2D eigenvalue weighted by Gasteiger charge is 2.17. The molecule has 0 aliphatic carbocycles. The van der Waals surface area contributed by atoms with Crippen molar-refractivity contribution in [2.75, 3.05) is 0 Å². The molecule has 0 saturated heterocycles. The fraction of sp³-hybridized carbons (Fsp3) is 1.00. The lowest BCUT2D eigenvalue weighted by molar-refractivity contribution is 0.218. The smallest absolute Gasteiger partial charge is 0.186 e. The van der Waals surface area contributed by atoms with Crippen molar-refractivity contribution in [3.05, 3.63) is 0 Å². The Balaban J connectivity index is 3.88. The average molecular weight is 127 g/mol. The van der Waals surface area contributed by atoms with Gasteiger partial charge in [0, 0.05) is 5.54 Å². The van der Waals surface area contributed by atoms with E-state index in [0.717, 1.165) is 0 Å². The molecule has 0 amide bonds. The monoisotopic (exact) mass is 127 g/mol. The summed E-state index contributed by atoms with van der Waals surface area (Å²) in [4.78, 5) is 2.35. The van der Waals surface area contributed by atoms with Crippen LogP contribution in [0.4, 0.5) is 0 Å². The third-order valence-corrected chi connectivity index (χ3v) is 1.83. The molecule has 2 heteroatoms. The van der Waals surface area contributed by atoms with Crippen LogP contribution in [0.25, 0.3) is 0 Å². The molecular formula is C7H18BN. The first-order valence-corrected chi connectivity index (χ1v) is 3.58. The van der Waals surface area contributed by atoms with Crippen molar-refractivity contribution in [3.63, 3.8) is 0 Å². The summed E-state index contributed by atoms with van der Waals surface area (Å²) in [6, 6.07) is 0.644. The number of rotatable bonds is 1. The minimum absolute atomic E-state index is 0.314. The number of hydrogen-bond donors (Lipinski definition) is 0. The lowest BCUT2D eigenvalue weighted by atomic mass is 9.99. The van der Waals surface area contributed by atoms with Crippen LogP contribution in [0.15, 0.2) is 0 Å². The fourth-order valence-corrected chi connectivity index (χ4v) is 0.775. The molecule has 1 nitrogen and oxygen atoms in total. The molecule has 0 aromatic heterocycles. The zero-order valence-corrected chi connectivity index (χ0v) is 7.52. The zero-order valence-electron chi connectivity index (χ0n) is 7.52. The van der Waals surface area contributed by atoms with Gasteiger partial charge in [-0.25, -0.2) is 0 Å². The second-order valence-corrected chi connectivity index (χ2v) is 3.88. The highest BCUT2D eigenvalue weighted by atomic mass is 15.1. The minimum Gasteiger partial charge on any atom is -0.342 e. The van der Waals surface area contributed by atoms with Crippen molar-refractivity contribution < 1.29 is 0 Å². The summed E-state index contributed by atoms with van der Waals surface area (Å²) >= 11 is 0. The molecule has 0 saturated carbocycles. The van der Waals surface area contributed by atoms with Gasteiger partial charge in [-0.3, -0.25) is 0 Å². The van der Waals surface area contributed by atoms with Gasteiger partial charge in [0.25, 0.3) is 0 Å². The molecule has 0 aromatic rings. The van der Waals surface area contributed by atoms with Crippen LogP contribution in [0.2, 0.25) is 0 Å². The van der Waals surface area contributed by atoms with Crippen LogP contribution in [0.5, 0.6) is 0 Å². The van der Waals surface area contributed by atoms with E-state index in [-0.39, 0.29) is 0 Å². The summed E-state index contributed by atoms with van der Waals surface area (Å²) < 4.78 is 0. The first-order chi connectivity index (χ1) is 3.85. The van der Waals surface area contributed by atoms with Gasteiger partial charge in [-0.2, -0.15) is 0 Å². The Morgan fingerprint density at radius 2 is 1.56 bits per heavy atom. The number of hydrogen-bond acceptors (Lipinski definition) is 1. The van der Waals surface area contributed by atoms with Crippen LogP contribution in [0.1, 0.15) is 34.6 Å². The van der Waals surface area contributed by atoms with Crippen molar-refractivity contribution in [2.45, 2.75) is 46.2 Å². The van der Waals surface area contributed by atoms with Gasteiger partial charge in [-0.15, -0.1) is 0 Å². The summed E-state index contributed by atoms with van der Waals surface area (Å²) in [5.74, 6) is 0. The molecule has 0 atom stereocenters. The maximum absolute atomic E-state index is 2.35. The summed E-state index contributed by atoms with van der Waals surface area (Å²) in [6.07, 6.45) is 0. The van der Waals surface area contributed by atoms with E-state index in [9.17, 15) is 0 Å². The van der Waals surface area contributed by atoms with Crippen LogP contribution in [-0.2, 0) is 0 Å². The molecule has 0 bridgehead atoms. The first-order valence-electron chi connectivity index (χ1n) is 3.58. The van der Waals surface area contributed by atoms with Gasteiger partial charge < -0.3 is 4.81 Å². The predicted molar refractivity (Wildman–Crippen MR) is 45.3 cm³/mol. The van der Waals surface area contributed by atoms with Crippen molar-refractivity contribution in [2.24, 2.45) is 0 Å². The van der Waals surface area contributed by atoms with Gasteiger partial charge in [-0.05, 0) is 26.8 Å². The van der Waals surface area contributed by atoms with Crippen molar-refractivity contribution in [1.29, 1.82) is 0 Å². The Labute approximate surface area is 59.9 Å². The van der Waals surface area contributed by atoms with E-state index >= 15 is 0 Å². The highest BCUT2D eigenvalue weighted by molar-refractivity contribution is 6.05. The molecule has 0 radical (unpaired) electrons. The van der Waals surface area contributed by atoms with Crippen molar-refractivity contribution in [1.82, 2.24) is 4.81 Å². The first kappa shape index (κ1) is 9.02. The third-order valence-electron chi connectivity index (χ3n) is 1.83. The minimum atomic E-state index is 0.314. The Hall–Kier alpha value is 0.0249. The molecule has 0 aliphatic rings. The fourth-order valence-electron chi connectivity index (χ4n) is 0.775. The van der Waals surface area contributed by atoms with E-state index in [1.807, 2.05) is 0 Å². The molecule has 0 aliphatic heterocycles. The Kier molecular flexibility index (Phi) is 2.75. The van der Waals surface area contributed by atoms with Crippen LogP contribution in [0, 0.1) is 0 Å². The van der Waals surface area contributed by atoms with Crippen LogP contribution >= 0.6 is 0 Å². The summed E-state index contributed by atoms with van der Waals surface area (Å²) in [5, 5.41) is 0. The van der Waals surface area contributed by atoms with Gasteiger partial charge in [0.2, 0.25) is 0 Å². The Bertz CT molecular complexity index is 83.4. The van der Waals surface area contributed by atoms with Gasteiger partial charge >= 0.3 is 0 Å². The third kappa shape index (κ3) is 2.90. The second-order valence-electron chi connectivity index (χ2n) is 3.88. The largest absolute Gasteiger partial charge is 0.342 e. The normalized spacial score (nSPS) is 13.2. The molecule has 0 aromatic carbocycles. The second kappa shape index (κ2) is 2.74. The van der Waals surface area contributed by atoms with Crippen molar-refractivity contribution >= 4 is 7.98 Å². The van der Waals surface area contributed by atoms with Gasteiger partial charge in [-0.1, -0.05) is 13.8 Å². The summed E-state index contributed by atoms with van der Waals surface area (Å²) in [7, 11) is 2.16. The quantitative estimate of drug-likeness (QED) is 0.476. The topological polar surface area (TPSA) is 3.24 Å². The lowest BCUT2D eigenvalue weighted by Gasteiger charge is -2.35. The molecule has 0 unspecified atom stereocenters. The SMILES string of the molecule is BN(C(C)C)C(C)(C)C. The molecule has 54 valence electrons. The lowest BCUT2D eigenvalue weighted by Crippen LogP contribution is -2.43. The Morgan fingerprint density at radius 3 is 1.56 bits per heavy atom. The van der Waals surface area contributed by atoms with E-state index in [1.54, 1.807) is 0 Å². The molecular weight excluding hydrogens is 109 g/mol.